The van der Waals surface area contributed by atoms with E-state index in [2.05, 4.69) is 20.7 Å². The zero-order chi connectivity index (χ0) is 14.7. The molecule has 0 spiro atoms. The summed E-state index contributed by atoms with van der Waals surface area (Å²) in [6, 6.07) is 11.6. The number of benzene rings is 1. The fraction of sp³-hybridized carbons (Fsp3) is 0.125. The topological polar surface area (TPSA) is 57.8 Å². The van der Waals surface area contributed by atoms with E-state index in [4.69, 9.17) is 0 Å². The summed E-state index contributed by atoms with van der Waals surface area (Å²) >= 11 is 1.64. The standard InChI is InChI=1S/C16H15N3OS/c1-11-19-15(10-21-11)13-6-4-12(5-7-13)9-18-16(20)14-3-2-8-17-14/h2-8,10,17H,9H2,1H3,(H,18,20). The van der Waals surface area contributed by atoms with Crippen molar-refractivity contribution in [3.63, 3.8) is 0 Å². The molecule has 0 aliphatic rings. The minimum absolute atomic E-state index is 0.0980. The van der Waals surface area contributed by atoms with Gasteiger partial charge in [0.15, 0.2) is 0 Å². The molecule has 4 nitrogen and oxygen atoms in total. The first kappa shape index (κ1) is 13.6. The largest absolute Gasteiger partial charge is 0.357 e. The highest BCUT2D eigenvalue weighted by molar-refractivity contribution is 7.09. The Kier molecular flexibility index (Phi) is 3.83. The van der Waals surface area contributed by atoms with Crippen LogP contribution in [0, 0.1) is 6.92 Å². The number of aryl methyl sites for hydroxylation is 1. The molecule has 0 unspecified atom stereocenters. The van der Waals surface area contributed by atoms with Crippen molar-refractivity contribution >= 4 is 17.2 Å². The van der Waals surface area contributed by atoms with Crippen molar-refractivity contribution in [3.8, 4) is 11.3 Å². The summed E-state index contributed by atoms with van der Waals surface area (Å²) in [6.45, 7) is 2.51. The number of hydrogen-bond donors (Lipinski definition) is 2. The fourth-order valence-corrected chi connectivity index (χ4v) is 2.66. The van der Waals surface area contributed by atoms with Crippen molar-refractivity contribution in [2.45, 2.75) is 13.5 Å². The van der Waals surface area contributed by atoms with Crippen molar-refractivity contribution < 1.29 is 4.79 Å². The van der Waals surface area contributed by atoms with Gasteiger partial charge in [0.25, 0.3) is 5.91 Å². The Bertz CT molecular complexity index is 729. The van der Waals surface area contributed by atoms with Crippen LogP contribution in [0.5, 0.6) is 0 Å². The molecule has 2 aromatic heterocycles. The summed E-state index contributed by atoms with van der Waals surface area (Å²) in [6.07, 6.45) is 1.74. The number of hydrogen-bond acceptors (Lipinski definition) is 3. The van der Waals surface area contributed by atoms with E-state index in [0.717, 1.165) is 21.8 Å². The maximum Gasteiger partial charge on any atom is 0.267 e. The summed E-state index contributed by atoms with van der Waals surface area (Å²) in [5.74, 6) is -0.0980. The van der Waals surface area contributed by atoms with E-state index in [9.17, 15) is 4.79 Å². The van der Waals surface area contributed by atoms with Crippen LogP contribution in [0.3, 0.4) is 0 Å². The summed E-state index contributed by atoms with van der Waals surface area (Å²) in [7, 11) is 0. The van der Waals surface area contributed by atoms with Crippen LogP contribution in [0.2, 0.25) is 0 Å². The van der Waals surface area contributed by atoms with Crippen molar-refractivity contribution in [1.29, 1.82) is 0 Å². The highest BCUT2D eigenvalue weighted by Gasteiger charge is 2.06. The van der Waals surface area contributed by atoms with Gasteiger partial charge in [0.05, 0.1) is 10.7 Å². The monoisotopic (exact) mass is 297 g/mol. The second-order valence-corrected chi connectivity index (χ2v) is 5.78. The van der Waals surface area contributed by atoms with Crippen molar-refractivity contribution in [2.75, 3.05) is 0 Å². The average molecular weight is 297 g/mol. The SMILES string of the molecule is Cc1nc(-c2ccc(CNC(=O)c3ccc[nH]3)cc2)cs1. The first-order chi connectivity index (χ1) is 10.2. The molecule has 106 valence electrons. The molecule has 21 heavy (non-hydrogen) atoms. The molecule has 0 atom stereocenters. The van der Waals surface area contributed by atoms with Crippen LogP contribution >= 0.6 is 11.3 Å². The number of aromatic nitrogens is 2. The van der Waals surface area contributed by atoms with Gasteiger partial charge in [-0.1, -0.05) is 24.3 Å². The van der Waals surface area contributed by atoms with Gasteiger partial charge in [-0.05, 0) is 24.6 Å². The van der Waals surface area contributed by atoms with Crippen molar-refractivity contribution in [2.24, 2.45) is 0 Å². The summed E-state index contributed by atoms with van der Waals surface area (Å²) in [5.41, 5.74) is 3.73. The molecule has 3 aromatic rings. The lowest BCUT2D eigenvalue weighted by molar-refractivity contribution is 0.0946. The zero-order valence-corrected chi connectivity index (χ0v) is 12.4. The van der Waals surface area contributed by atoms with Gasteiger partial charge >= 0.3 is 0 Å². The van der Waals surface area contributed by atoms with Crippen molar-refractivity contribution in [3.05, 3.63) is 64.2 Å². The van der Waals surface area contributed by atoms with E-state index in [1.165, 1.54) is 0 Å². The molecule has 0 aliphatic carbocycles. The van der Waals surface area contributed by atoms with Gasteiger partial charge in [-0.2, -0.15) is 0 Å². The third kappa shape index (κ3) is 3.20. The minimum Gasteiger partial charge on any atom is -0.357 e. The fourth-order valence-electron chi connectivity index (χ4n) is 2.04. The maximum absolute atomic E-state index is 11.8. The van der Waals surface area contributed by atoms with Crippen LogP contribution in [-0.2, 0) is 6.54 Å². The summed E-state index contributed by atoms with van der Waals surface area (Å²) < 4.78 is 0. The van der Waals surface area contributed by atoms with Crippen molar-refractivity contribution in [1.82, 2.24) is 15.3 Å². The molecule has 0 saturated heterocycles. The number of nitrogens with zero attached hydrogens (tertiary/aromatic N) is 1. The maximum atomic E-state index is 11.8. The normalized spacial score (nSPS) is 10.5. The molecular formula is C16H15N3OS. The molecule has 3 rings (SSSR count). The molecule has 1 amide bonds. The van der Waals surface area contributed by atoms with E-state index in [0.29, 0.717) is 12.2 Å². The molecule has 2 N–H and O–H groups in total. The highest BCUT2D eigenvalue weighted by Crippen LogP contribution is 2.21. The van der Waals surface area contributed by atoms with Gasteiger partial charge in [0, 0.05) is 23.7 Å². The number of carbonyl (C=O) groups excluding carboxylic acids is 1. The van der Waals surface area contributed by atoms with Gasteiger partial charge in [-0.25, -0.2) is 4.98 Å². The predicted octanol–water partition coefficient (Wildman–Crippen LogP) is 3.38. The summed E-state index contributed by atoms with van der Waals surface area (Å²) in [5, 5.41) is 6.00. The predicted molar refractivity (Wildman–Crippen MR) is 84.2 cm³/mol. The van der Waals surface area contributed by atoms with Crippen LogP contribution in [-0.4, -0.2) is 15.9 Å². The molecule has 0 saturated carbocycles. The Hall–Kier alpha value is -2.40. The number of thiazole rings is 1. The van der Waals surface area contributed by atoms with E-state index >= 15 is 0 Å². The van der Waals surface area contributed by atoms with Gasteiger partial charge in [-0.3, -0.25) is 4.79 Å². The van der Waals surface area contributed by atoms with Crippen LogP contribution in [0.25, 0.3) is 11.3 Å². The van der Waals surface area contributed by atoms with Crippen LogP contribution in [0.1, 0.15) is 21.1 Å². The number of carbonyl (C=O) groups is 1. The Morgan fingerprint density at radius 2 is 2.10 bits per heavy atom. The Morgan fingerprint density at radius 3 is 2.71 bits per heavy atom. The molecule has 1 aromatic carbocycles. The summed E-state index contributed by atoms with van der Waals surface area (Å²) in [4.78, 5) is 19.2. The Labute approximate surface area is 126 Å². The second kappa shape index (κ2) is 5.93. The third-order valence-corrected chi connectivity index (χ3v) is 3.94. The van der Waals surface area contributed by atoms with E-state index < -0.39 is 0 Å². The number of amides is 1. The van der Waals surface area contributed by atoms with Crippen LogP contribution in [0.15, 0.2) is 48.0 Å². The van der Waals surface area contributed by atoms with Crippen LogP contribution in [0.4, 0.5) is 0 Å². The van der Waals surface area contributed by atoms with Gasteiger partial charge in [-0.15, -0.1) is 11.3 Å². The quantitative estimate of drug-likeness (QED) is 0.775. The van der Waals surface area contributed by atoms with Gasteiger partial charge < -0.3 is 10.3 Å². The van der Waals surface area contributed by atoms with E-state index in [-0.39, 0.29) is 5.91 Å². The van der Waals surface area contributed by atoms with Crippen LogP contribution < -0.4 is 5.32 Å². The number of H-pyrrole nitrogens is 1. The Morgan fingerprint density at radius 1 is 1.29 bits per heavy atom. The molecular weight excluding hydrogens is 282 g/mol. The molecule has 0 fully saturated rings. The second-order valence-electron chi connectivity index (χ2n) is 4.72. The number of rotatable bonds is 4. The zero-order valence-electron chi connectivity index (χ0n) is 11.6. The molecule has 0 aliphatic heterocycles. The average Bonchev–Trinajstić information content (AvgIpc) is 3.17. The highest BCUT2D eigenvalue weighted by atomic mass is 32.1. The first-order valence-electron chi connectivity index (χ1n) is 6.65. The minimum atomic E-state index is -0.0980. The molecule has 2 heterocycles. The molecule has 5 heteroatoms. The van der Waals surface area contributed by atoms with Gasteiger partial charge in [0.2, 0.25) is 0 Å². The molecule has 0 radical (unpaired) electrons. The van der Waals surface area contributed by atoms with E-state index in [1.807, 2.05) is 31.2 Å². The van der Waals surface area contributed by atoms with E-state index in [1.54, 1.807) is 29.7 Å². The third-order valence-electron chi connectivity index (χ3n) is 3.16. The molecule has 0 bridgehead atoms. The first-order valence-corrected chi connectivity index (χ1v) is 7.53. The lowest BCUT2D eigenvalue weighted by Crippen LogP contribution is -2.22. The number of aromatic amines is 1. The van der Waals surface area contributed by atoms with Gasteiger partial charge in [0.1, 0.15) is 5.69 Å². The lowest BCUT2D eigenvalue weighted by Gasteiger charge is -2.05. The lowest BCUT2D eigenvalue weighted by atomic mass is 10.1. The Balaban J connectivity index is 1.63. The number of nitrogens with one attached hydrogen (secondary N) is 2. The smallest absolute Gasteiger partial charge is 0.267 e.